The van der Waals surface area contributed by atoms with Crippen molar-refractivity contribution in [3.63, 3.8) is 0 Å². The van der Waals surface area contributed by atoms with E-state index in [2.05, 4.69) is 0 Å². The number of alkyl halides is 3. The molecule has 3 nitrogen and oxygen atoms in total. The molecule has 0 aromatic heterocycles. The van der Waals surface area contributed by atoms with E-state index >= 15 is 0 Å². The average molecular weight is 315 g/mol. The number of aliphatic carboxylic acids is 1. The number of carboxylic acids is 1. The number of rotatable bonds is 2. The minimum absolute atomic E-state index is 0.394. The summed E-state index contributed by atoms with van der Waals surface area (Å²) in [5, 5.41) is 9.26. The molecule has 1 aromatic rings. The molecule has 1 saturated heterocycles. The van der Waals surface area contributed by atoms with Gasteiger partial charge in [-0.05, 0) is 63.5 Å². The first-order chi connectivity index (χ1) is 10.1. The second-order valence-corrected chi connectivity index (χ2v) is 6.25. The summed E-state index contributed by atoms with van der Waals surface area (Å²) in [7, 11) is 1.88. The Hall–Kier alpha value is -1.56. The molecule has 1 heterocycles. The highest BCUT2D eigenvalue weighted by atomic mass is 19.4. The van der Waals surface area contributed by atoms with Gasteiger partial charge in [-0.15, -0.1) is 0 Å². The zero-order chi connectivity index (χ0) is 16.7. The third-order valence-corrected chi connectivity index (χ3v) is 4.78. The molecule has 1 aliphatic heterocycles. The molecule has 0 amide bonds. The standard InChI is InChI=1S/C16H20F3NO2/c1-10-8-12(16(17,18)19)4-5-13(10)15(2)9-11(14(21)22)6-7-20(15)3/h4-5,8,11H,6-7,9H2,1-3H3,(H,21,22). The largest absolute Gasteiger partial charge is 0.481 e. The quantitative estimate of drug-likeness (QED) is 0.905. The summed E-state index contributed by atoms with van der Waals surface area (Å²) < 4.78 is 38.4. The van der Waals surface area contributed by atoms with Crippen molar-refractivity contribution in [3.8, 4) is 0 Å². The predicted molar refractivity (Wildman–Crippen MR) is 76.5 cm³/mol. The first-order valence-electron chi connectivity index (χ1n) is 7.18. The fourth-order valence-electron chi connectivity index (χ4n) is 3.30. The Morgan fingerprint density at radius 3 is 2.55 bits per heavy atom. The van der Waals surface area contributed by atoms with Crippen LogP contribution in [0.15, 0.2) is 18.2 Å². The van der Waals surface area contributed by atoms with Crippen LogP contribution in [-0.4, -0.2) is 29.6 Å². The highest BCUT2D eigenvalue weighted by molar-refractivity contribution is 5.70. The summed E-state index contributed by atoms with van der Waals surface area (Å²) in [6, 6.07) is 3.70. The van der Waals surface area contributed by atoms with Crippen LogP contribution in [0.1, 0.15) is 36.5 Å². The number of piperidine rings is 1. The van der Waals surface area contributed by atoms with Crippen molar-refractivity contribution in [3.05, 3.63) is 34.9 Å². The first kappa shape index (κ1) is 16.8. The number of hydrogen-bond acceptors (Lipinski definition) is 2. The number of likely N-dealkylation sites (tertiary alicyclic amines) is 1. The zero-order valence-electron chi connectivity index (χ0n) is 12.9. The molecule has 0 aliphatic carbocycles. The Morgan fingerprint density at radius 2 is 2.05 bits per heavy atom. The lowest BCUT2D eigenvalue weighted by Crippen LogP contribution is -2.49. The number of carbonyl (C=O) groups is 1. The predicted octanol–water partition coefficient (Wildman–Crippen LogP) is 3.66. The second-order valence-electron chi connectivity index (χ2n) is 6.25. The molecule has 6 heteroatoms. The Bertz CT molecular complexity index is 585. The minimum atomic E-state index is -4.37. The summed E-state index contributed by atoms with van der Waals surface area (Å²) in [4.78, 5) is 13.3. The SMILES string of the molecule is Cc1cc(C(F)(F)F)ccc1C1(C)CC(C(=O)O)CCN1C. The third kappa shape index (κ3) is 2.97. The van der Waals surface area contributed by atoms with Gasteiger partial charge in [0.15, 0.2) is 0 Å². The molecule has 1 N–H and O–H groups in total. The fraction of sp³-hybridized carbons (Fsp3) is 0.562. The van der Waals surface area contributed by atoms with Crippen molar-refractivity contribution in [2.45, 2.75) is 38.4 Å². The van der Waals surface area contributed by atoms with Crippen LogP contribution in [0.3, 0.4) is 0 Å². The topological polar surface area (TPSA) is 40.5 Å². The summed E-state index contributed by atoms with van der Waals surface area (Å²) in [6.45, 7) is 4.15. The molecular formula is C16H20F3NO2. The van der Waals surface area contributed by atoms with Crippen LogP contribution in [0.2, 0.25) is 0 Å². The van der Waals surface area contributed by atoms with Gasteiger partial charge in [0.05, 0.1) is 11.5 Å². The number of benzene rings is 1. The van der Waals surface area contributed by atoms with Gasteiger partial charge in [-0.3, -0.25) is 9.69 Å². The van der Waals surface area contributed by atoms with Crippen LogP contribution in [0.5, 0.6) is 0 Å². The monoisotopic (exact) mass is 315 g/mol. The van der Waals surface area contributed by atoms with E-state index in [-0.39, 0.29) is 0 Å². The van der Waals surface area contributed by atoms with Crippen molar-refractivity contribution in [1.29, 1.82) is 0 Å². The Morgan fingerprint density at radius 1 is 1.41 bits per heavy atom. The Balaban J connectivity index is 2.42. The van der Waals surface area contributed by atoms with Gasteiger partial charge in [-0.1, -0.05) is 6.07 Å². The highest BCUT2D eigenvalue weighted by Crippen LogP contribution is 2.41. The van der Waals surface area contributed by atoms with Crippen molar-refractivity contribution in [2.75, 3.05) is 13.6 Å². The smallest absolute Gasteiger partial charge is 0.416 e. The van der Waals surface area contributed by atoms with Crippen LogP contribution >= 0.6 is 0 Å². The lowest BCUT2D eigenvalue weighted by Gasteiger charge is -2.46. The summed E-state index contributed by atoms with van der Waals surface area (Å²) in [5.41, 5.74) is 0.0463. The van der Waals surface area contributed by atoms with Gasteiger partial charge in [0, 0.05) is 5.54 Å². The Kier molecular flexibility index (Phi) is 4.26. The van der Waals surface area contributed by atoms with Gasteiger partial charge in [0.2, 0.25) is 0 Å². The molecule has 1 fully saturated rings. The maximum Gasteiger partial charge on any atom is 0.416 e. The molecule has 1 aliphatic rings. The number of nitrogens with zero attached hydrogens (tertiary/aromatic N) is 1. The summed E-state index contributed by atoms with van der Waals surface area (Å²) in [6.07, 6.45) is -3.42. The van der Waals surface area contributed by atoms with Gasteiger partial charge in [0.1, 0.15) is 0 Å². The zero-order valence-corrected chi connectivity index (χ0v) is 12.9. The van der Waals surface area contributed by atoms with Crippen molar-refractivity contribution >= 4 is 5.97 Å². The lowest BCUT2D eigenvalue weighted by atomic mass is 9.75. The number of aryl methyl sites for hydroxylation is 1. The van der Waals surface area contributed by atoms with Crippen LogP contribution in [-0.2, 0) is 16.5 Å². The average Bonchev–Trinajstić information content (AvgIpc) is 2.40. The maximum atomic E-state index is 12.8. The van der Waals surface area contributed by atoms with E-state index < -0.39 is 29.2 Å². The van der Waals surface area contributed by atoms with Crippen LogP contribution < -0.4 is 0 Å². The van der Waals surface area contributed by atoms with E-state index in [9.17, 15) is 23.1 Å². The van der Waals surface area contributed by atoms with Gasteiger partial charge in [0.25, 0.3) is 0 Å². The van der Waals surface area contributed by atoms with E-state index in [0.717, 1.165) is 17.7 Å². The van der Waals surface area contributed by atoms with Gasteiger partial charge < -0.3 is 5.11 Å². The van der Waals surface area contributed by atoms with Gasteiger partial charge in [-0.25, -0.2) is 0 Å². The minimum Gasteiger partial charge on any atom is -0.481 e. The molecular weight excluding hydrogens is 295 g/mol. The van der Waals surface area contributed by atoms with Crippen LogP contribution in [0.4, 0.5) is 13.2 Å². The molecule has 0 saturated carbocycles. The number of carboxylic acid groups (broad SMARTS) is 1. The van der Waals surface area contributed by atoms with Crippen molar-refractivity contribution < 1.29 is 23.1 Å². The van der Waals surface area contributed by atoms with E-state index in [1.54, 1.807) is 6.92 Å². The highest BCUT2D eigenvalue weighted by Gasteiger charge is 2.41. The lowest BCUT2D eigenvalue weighted by molar-refractivity contribution is -0.145. The molecule has 2 rings (SSSR count). The van der Waals surface area contributed by atoms with Crippen molar-refractivity contribution in [2.24, 2.45) is 5.92 Å². The van der Waals surface area contributed by atoms with Crippen molar-refractivity contribution in [1.82, 2.24) is 4.90 Å². The molecule has 2 atom stereocenters. The van der Waals surface area contributed by atoms with Crippen LogP contribution in [0, 0.1) is 12.8 Å². The number of hydrogen-bond donors (Lipinski definition) is 1. The summed E-state index contributed by atoms with van der Waals surface area (Å²) in [5.74, 6) is -1.31. The van der Waals surface area contributed by atoms with E-state index in [0.29, 0.717) is 24.9 Å². The Labute approximate surface area is 127 Å². The molecule has 22 heavy (non-hydrogen) atoms. The number of halogens is 3. The molecule has 0 radical (unpaired) electrons. The van der Waals surface area contributed by atoms with Gasteiger partial charge >= 0.3 is 12.1 Å². The molecule has 0 bridgehead atoms. The molecule has 122 valence electrons. The molecule has 0 spiro atoms. The fourth-order valence-corrected chi connectivity index (χ4v) is 3.30. The summed E-state index contributed by atoms with van der Waals surface area (Å²) >= 11 is 0. The third-order valence-electron chi connectivity index (χ3n) is 4.78. The normalized spacial score (nSPS) is 26.9. The molecule has 1 aromatic carbocycles. The second kappa shape index (κ2) is 5.57. The maximum absolute atomic E-state index is 12.8. The van der Waals surface area contributed by atoms with E-state index in [1.165, 1.54) is 6.07 Å². The van der Waals surface area contributed by atoms with Crippen LogP contribution in [0.25, 0.3) is 0 Å². The first-order valence-corrected chi connectivity index (χ1v) is 7.18. The van der Waals surface area contributed by atoms with Gasteiger partial charge in [-0.2, -0.15) is 13.2 Å². The van der Waals surface area contributed by atoms with E-state index in [1.807, 2.05) is 18.9 Å². The van der Waals surface area contributed by atoms with E-state index in [4.69, 9.17) is 0 Å². The molecule has 2 unspecified atom stereocenters.